The zero-order chi connectivity index (χ0) is 17.7. The van der Waals surface area contributed by atoms with Gasteiger partial charge in [0.05, 0.1) is 0 Å². The van der Waals surface area contributed by atoms with Crippen LogP contribution in [0.4, 0.5) is 5.69 Å². The molecule has 1 aromatic carbocycles. The van der Waals surface area contributed by atoms with Gasteiger partial charge in [0.15, 0.2) is 6.10 Å². The van der Waals surface area contributed by atoms with Crippen molar-refractivity contribution in [3.63, 3.8) is 0 Å². The highest BCUT2D eigenvalue weighted by molar-refractivity contribution is 6.30. The average molecular weight is 352 g/mol. The Morgan fingerprint density at radius 3 is 2.75 bits per heavy atom. The molecule has 0 saturated carbocycles. The number of halogens is 1. The number of ether oxygens (including phenoxy) is 1. The molecule has 0 saturated heterocycles. The van der Waals surface area contributed by atoms with E-state index in [1.165, 1.54) is 13.1 Å². The zero-order valence-corrected chi connectivity index (χ0v) is 13.4. The molecule has 2 rings (SSSR count). The Morgan fingerprint density at radius 1 is 1.33 bits per heavy atom. The molecule has 1 heterocycles. The van der Waals surface area contributed by atoms with Gasteiger partial charge in [0.1, 0.15) is 6.54 Å². The first-order chi connectivity index (χ1) is 11.3. The molecule has 2 N–H and O–H groups in total. The summed E-state index contributed by atoms with van der Waals surface area (Å²) in [6.07, 6.45) is 0.0917. The van der Waals surface area contributed by atoms with Crippen LogP contribution in [0, 0.1) is 0 Å². The third-order valence-corrected chi connectivity index (χ3v) is 3.20. The molecule has 0 aliphatic rings. The molecule has 1 atom stereocenters. The lowest BCUT2D eigenvalue weighted by atomic mass is 10.3. The number of aromatic nitrogens is 2. The summed E-state index contributed by atoms with van der Waals surface area (Å²) in [7, 11) is 0. The van der Waals surface area contributed by atoms with E-state index in [1.54, 1.807) is 24.3 Å². The highest BCUT2D eigenvalue weighted by Gasteiger charge is 2.18. The molecule has 0 aliphatic carbocycles. The molecule has 0 bridgehead atoms. The van der Waals surface area contributed by atoms with Gasteiger partial charge in [0, 0.05) is 23.0 Å². The van der Waals surface area contributed by atoms with Crippen molar-refractivity contribution in [1.82, 2.24) is 9.55 Å². The van der Waals surface area contributed by atoms with Gasteiger partial charge in [-0.1, -0.05) is 17.7 Å². The Balaban J connectivity index is 1.94. The van der Waals surface area contributed by atoms with Crippen molar-refractivity contribution in [2.75, 3.05) is 5.32 Å². The molecule has 2 aromatic rings. The normalized spacial score (nSPS) is 11.6. The molecule has 0 radical (unpaired) electrons. The van der Waals surface area contributed by atoms with Gasteiger partial charge in [-0.05, 0) is 25.1 Å². The van der Waals surface area contributed by atoms with E-state index in [0.717, 1.165) is 10.6 Å². The second-order valence-electron chi connectivity index (χ2n) is 4.87. The van der Waals surface area contributed by atoms with Crippen LogP contribution in [-0.2, 0) is 20.9 Å². The van der Waals surface area contributed by atoms with Crippen LogP contribution >= 0.6 is 11.6 Å². The van der Waals surface area contributed by atoms with Crippen LogP contribution in [-0.4, -0.2) is 27.5 Å². The molecule has 0 aliphatic heterocycles. The minimum Gasteiger partial charge on any atom is -0.451 e. The van der Waals surface area contributed by atoms with E-state index in [1.807, 2.05) is 4.98 Å². The maximum absolute atomic E-state index is 12.0. The van der Waals surface area contributed by atoms with Crippen LogP contribution in [0.15, 0.2) is 46.1 Å². The third kappa shape index (κ3) is 4.82. The number of amides is 1. The first-order valence-corrected chi connectivity index (χ1v) is 7.28. The predicted octanol–water partition coefficient (Wildman–Crippen LogP) is 0.760. The Labute approximate surface area is 141 Å². The predicted molar refractivity (Wildman–Crippen MR) is 87.0 cm³/mol. The van der Waals surface area contributed by atoms with E-state index in [4.69, 9.17) is 16.3 Å². The average Bonchev–Trinajstić information content (AvgIpc) is 2.50. The minimum atomic E-state index is -1.07. The van der Waals surface area contributed by atoms with Crippen LogP contribution in [0.2, 0.25) is 5.02 Å². The number of aromatic amines is 1. The second-order valence-corrected chi connectivity index (χ2v) is 5.31. The van der Waals surface area contributed by atoms with Crippen LogP contribution in [0.3, 0.4) is 0 Å². The highest BCUT2D eigenvalue weighted by atomic mass is 35.5. The third-order valence-electron chi connectivity index (χ3n) is 2.97. The quantitative estimate of drug-likeness (QED) is 0.773. The molecule has 0 unspecified atom stereocenters. The van der Waals surface area contributed by atoms with E-state index in [0.29, 0.717) is 10.7 Å². The summed E-state index contributed by atoms with van der Waals surface area (Å²) >= 11 is 5.81. The first-order valence-electron chi connectivity index (χ1n) is 6.91. The van der Waals surface area contributed by atoms with Gasteiger partial charge in [-0.25, -0.2) is 4.79 Å². The number of carbonyl (C=O) groups excluding carboxylic acids is 2. The number of anilines is 1. The minimum absolute atomic E-state index is 0.426. The number of nitrogens with one attached hydrogen (secondary N) is 2. The van der Waals surface area contributed by atoms with Gasteiger partial charge < -0.3 is 10.1 Å². The Morgan fingerprint density at radius 2 is 2.08 bits per heavy atom. The number of rotatable bonds is 5. The van der Waals surface area contributed by atoms with Gasteiger partial charge in [-0.3, -0.25) is 23.9 Å². The van der Waals surface area contributed by atoms with Crippen LogP contribution in [0.1, 0.15) is 6.92 Å². The SMILES string of the molecule is C[C@@H](OC(=O)Cn1ccc(=O)[nH]c1=O)C(=O)Nc1cccc(Cl)c1. The zero-order valence-electron chi connectivity index (χ0n) is 12.6. The lowest BCUT2D eigenvalue weighted by Gasteiger charge is -2.14. The van der Waals surface area contributed by atoms with Crippen molar-refractivity contribution in [2.45, 2.75) is 19.6 Å². The lowest BCUT2D eigenvalue weighted by Crippen LogP contribution is -2.34. The Bertz CT molecular complexity index is 874. The van der Waals surface area contributed by atoms with Gasteiger partial charge in [-0.15, -0.1) is 0 Å². The molecule has 24 heavy (non-hydrogen) atoms. The first kappa shape index (κ1) is 17.5. The van der Waals surface area contributed by atoms with Gasteiger partial charge in [-0.2, -0.15) is 0 Å². The van der Waals surface area contributed by atoms with Crippen LogP contribution in [0.25, 0.3) is 0 Å². The molecule has 9 heteroatoms. The van der Waals surface area contributed by atoms with Crippen LogP contribution in [0.5, 0.6) is 0 Å². The highest BCUT2D eigenvalue weighted by Crippen LogP contribution is 2.15. The summed E-state index contributed by atoms with van der Waals surface area (Å²) in [5, 5.41) is 3.01. The summed E-state index contributed by atoms with van der Waals surface area (Å²) < 4.78 is 5.93. The molecule has 1 amide bonds. The van der Waals surface area contributed by atoms with Gasteiger partial charge in [0.25, 0.3) is 11.5 Å². The van der Waals surface area contributed by atoms with Crippen molar-refractivity contribution in [3.05, 3.63) is 62.4 Å². The fraction of sp³-hybridized carbons (Fsp3) is 0.200. The Kier molecular flexibility index (Phi) is 5.54. The van der Waals surface area contributed by atoms with Gasteiger partial charge >= 0.3 is 11.7 Å². The molecule has 8 nitrogen and oxygen atoms in total. The number of benzene rings is 1. The number of carbonyl (C=O) groups is 2. The summed E-state index contributed by atoms with van der Waals surface area (Å²) in [6.45, 7) is 0.970. The monoisotopic (exact) mass is 351 g/mol. The number of hydrogen-bond donors (Lipinski definition) is 2. The lowest BCUT2D eigenvalue weighted by molar-refractivity contribution is -0.153. The van der Waals surface area contributed by atoms with Crippen LogP contribution < -0.4 is 16.6 Å². The molecular formula is C15H14ClN3O5. The molecular weight excluding hydrogens is 338 g/mol. The van der Waals surface area contributed by atoms with E-state index in [2.05, 4.69) is 5.32 Å². The largest absolute Gasteiger partial charge is 0.451 e. The van der Waals surface area contributed by atoms with E-state index >= 15 is 0 Å². The fourth-order valence-electron chi connectivity index (χ4n) is 1.81. The van der Waals surface area contributed by atoms with Gasteiger partial charge in [0.2, 0.25) is 0 Å². The summed E-state index contributed by atoms with van der Waals surface area (Å²) in [5.41, 5.74) is -0.846. The van der Waals surface area contributed by atoms with E-state index < -0.39 is 35.8 Å². The standard InChI is InChI=1S/C15H14ClN3O5/c1-9(14(22)17-11-4-2-3-10(16)7-11)24-13(21)8-19-6-5-12(20)18-15(19)23/h2-7,9H,8H2,1H3,(H,17,22)(H,18,20,23)/t9-/m1/s1. The molecule has 126 valence electrons. The number of nitrogens with zero attached hydrogens (tertiary/aromatic N) is 1. The Hall–Kier alpha value is -2.87. The summed E-state index contributed by atoms with van der Waals surface area (Å²) in [4.78, 5) is 48.2. The van der Waals surface area contributed by atoms with Crippen molar-refractivity contribution >= 4 is 29.2 Å². The maximum Gasteiger partial charge on any atom is 0.328 e. The van der Waals surface area contributed by atoms with Crippen molar-refractivity contribution in [2.24, 2.45) is 0 Å². The topological polar surface area (TPSA) is 110 Å². The van der Waals surface area contributed by atoms with Crippen molar-refractivity contribution in [3.8, 4) is 0 Å². The second kappa shape index (κ2) is 7.60. The molecule has 1 aromatic heterocycles. The number of H-pyrrole nitrogens is 1. The van der Waals surface area contributed by atoms with Crippen molar-refractivity contribution < 1.29 is 14.3 Å². The smallest absolute Gasteiger partial charge is 0.328 e. The summed E-state index contributed by atoms with van der Waals surface area (Å²) in [5.74, 6) is -1.34. The number of esters is 1. The molecule has 0 spiro atoms. The van der Waals surface area contributed by atoms with E-state index in [9.17, 15) is 19.2 Å². The van der Waals surface area contributed by atoms with E-state index in [-0.39, 0.29) is 0 Å². The molecule has 0 fully saturated rings. The number of hydrogen-bond acceptors (Lipinski definition) is 5. The summed E-state index contributed by atoms with van der Waals surface area (Å²) in [6, 6.07) is 7.61. The fourth-order valence-corrected chi connectivity index (χ4v) is 2.00. The van der Waals surface area contributed by atoms with Crippen molar-refractivity contribution in [1.29, 1.82) is 0 Å². The maximum atomic E-state index is 12.0.